The van der Waals surface area contributed by atoms with Gasteiger partial charge in [-0.25, -0.2) is 0 Å². The van der Waals surface area contributed by atoms with Crippen molar-refractivity contribution in [1.29, 1.82) is 0 Å². The van der Waals surface area contributed by atoms with Crippen LogP contribution in [0.4, 0.5) is 0 Å². The Bertz CT molecular complexity index is 358. The Morgan fingerprint density at radius 1 is 1.30 bits per heavy atom. The van der Waals surface area contributed by atoms with Crippen LogP contribution in [0.15, 0.2) is 0 Å². The molecular weight excluding hydrogens is 252 g/mol. The molecule has 3 aliphatic rings. The second-order valence-electron chi connectivity index (χ2n) is 6.96. The van der Waals surface area contributed by atoms with E-state index in [1.807, 2.05) is 0 Å². The van der Waals surface area contributed by atoms with Crippen molar-refractivity contribution in [2.24, 2.45) is 5.92 Å². The molecule has 0 aromatic carbocycles. The SMILES string of the molecule is CC(C)N1CCCC[C@H]1C(=O)NC[C@H]1C[C@H]2CC[C@H]1O2. The quantitative estimate of drug-likeness (QED) is 0.855. The minimum absolute atomic E-state index is 0.0864. The number of fused-ring (bicyclic) bond motifs is 2. The molecule has 3 fully saturated rings. The number of hydrogen-bond donors (Lipinski definition) is 1. The average molecular weight is 280 g/mol. The summed E-state index contributed by atoms with van der Waals surface area (Å²) in [6.07, 6.45) is 7.85. The molecule has 4 heteroatoms. The van der Waals surface area contributed by atoms with E-state index in [9.17, 15) is 4.79 Å². The molecule has 0 spiro atoms. The first kappa shape index (κ1) is 14.3. The molecule has 0 aliphatic carbocycles. The van der Waals surface area contributed by atoms with Crippen LogP contribution in [0.5, 0.6) is 0 Å². The Labute approximate surface area is 122 Å². The minimum atomic E-state index is 0.0864. The van der Waals surface area contributed by atoms with Crippen LogP contribution in [0.3, 0.4) is 0 Å². The van der Waals surface area contributed by atoms with Crippen LogP contribution in [0, 0.1) is 5.92 Å². The third kappa shape index (κ3) is 2.86. The van der Waals surface area contributed by atoms with E-state index in [0.29, 0.717) is 24.2 Å². The third-order valence-corrected chi connectivity index (χ3v) is 5.28. The number of carbonyl (C=O) groups is 1. The molecule has 1 N–H and O–H groups in total. The first-order valence-corrected chi connectivity index (χ1v) is 8.34. The fourth-order valence-corrected chi connectivity index (χ4v) is 4.16. The number of amides is 1. The summed E-state index contributed by atoms with van der Waals surface area (Å²) < 4.78 is 5.86. The summed E-state index contributed by atoms with van der Waals surface area (Å²) in [6, 6.07) is 0.542. The Morgan fingerprint density at radius 3 is 2.80 bits per heavy atom. The topological polar surface area (TPSA) is 41.6 Å². The van der Waals surface area contributed by atoms with Crippen molar-refractivity contribution >= 4 is 5.91 Å². The summed E-state index contributed by atoms with van der Waals surface area (Å²) in [6.45, 7) is 6.25. The van der Waals surface area contributed by atoms with Crippen LogP contribution in [-0.2, 0) is 9.53 Å². The Hall–Kier alpha value is -0.610. The molecule has 4 atom stereocenters. The van der Waals surface area contributed by atoms with Gasteiger partial charge in [0.2, 0.25) is 5.91 Å². The van der Waals surface area contributed by atoms with Gasteiger partial charge in [-0.1, -0.05) is 6.42 Å². The lowest BCUT2D eigenvalue weighted by Crippen LogP contribution is -2.52. The van der Waals surface area contributed by atoms with Crippen LogP contribution in [0.25, 0.3) is 0 Å². The van der Waals surface area contributed by atoms with Gasteiger partial charge in [0, 0.05) is 18.5 Å². The first-order chi connectivity index (χ1) is 9.65. The van der Waals surface area contributed by atoms with Gasteiger partial charge in [-0.2, -0.15) is 0 Å². The van der Waals surface area contributed by atoms with Crippen molar-refractivity contribution in [3.8, 4) is 0 Å². The fourth-order valence-electron chi connectivity index (χ4n) is 4.16. The predicted molar refractivity (Wildman–Crippen MR) is 78.5 cm³/mol. The highest BCUT2D eigenvalue weighted by Gasteiger charge is 2.41. The zero-order valence-electron chi connectivity index (χ0n) is 12.8. The smallest absolute Gasteiger partial charge is 0.237 e. The minimum Gasteiger partial charge on any atom is -0.375 e. The highest BCUT2D eigenvalue weighted by molar-refractivity contribution is 5.81. The molecule has 3 rings (SSSR count). The molecule has 20 heavy (non-hydrogen) atoms. The molecule has 0 unspecified atom stereocenters. The predicted octanol–water partition coefficient (Wildman–Crippen LogP) is 1.93. The van der Waals surface area contributed by atoms with Crippen molar-refractivity contribution in [3.05, 3.63) is 0 Å². The van der Waals surface area contributed by atoms with Crippen LogP contribution in [0.2, 0.25) is 0 Å². The summed E-state index contributed by atoms with van der Waals surface area (Å²) in [4.78, 5) is 14.8. The Morgan fingerprint density at radius 2 is 2.15 bits per heavy atom. The second kappa shape index (κ2) is 6.02. The number of hydrogen-bond acceptors (Lipinski definition) is 3. The fraction of sp³-hybridized carbons (Fsp3) is 0.938. The molecule has 2 bridgehead atoms. The average Bonchev–Trinajstić information content (AvgIpc) is 3.07. The maximum atomic E-state index is 12.5. The Balaban J connectivity index is 1.50. The van der Waals surface area contributed by atoms with Gasteiger partial charge in [0.15, 0.2) is 0 Å². The molecule has 1 amide bonds. The lowest BCUT2D eigenvalue weighted by molar-refractivity contribution is -0.128. The van der Waals surface area contributed by atoms with E-state index in [0.717, 1.165) is 25.9 Å². The van der Waals surface area contributed by atoms with Gasteiger partial charge >= 0.3 is 0 Å². The van der Waals surface area contributed by atoms with Crippen molar-refractivity contribution in [2.75, 3.05) is 13.1 Å². The number of ether oxygens (including phenoxy) is 1. The highest BCUT2D eigenvalue weighted by atomic mass is 16.5. The third-order valence-electron chi connectivity index (χ3n) is 5.28. The van der Waals surface area contributed by atoms with Crippen LogP contribution < -0.4 is 5.32 Å². The standard InChI is InChI=1S/C16H28N2O2/c1-11(2)18-8-4-3-5-14(18)16(19)17-10-12-9-13-6-7-15(12)20-13/h11-15H,3-10H2,1-2H3,(H,17,19)/t12-,13-,14+,15-/m1/s1. The number of nitrogens with zero attached hydrogens (tertiary/aromatic N) is 1. The van der Waals surface area contributed by atoms with E-state index in [4.69, 9.17) is 4.74 Å². The lowest BCUT2D eigenvalue weighted by atomic mass is 9.89. The number of rotatable bonds is 4. The van der Waals surface area contributed by atoms with Crippen LogP contribution in [0.1, 0.15) is 52.4 Å². The number of likely N-dealkylation sites (tertiary alicyclic amines) is 1. The molecular formula is C16H28N2O2. The van der Waals surface area contributed by atoms with Gasteiger partial charge < -0.3 is 10.1 Å². The van der Waals surface area contributed by atoms with Crippen LogP contribution >= 0.6 is 0 Å². The van der Waals surface area contributed by atoms with Crippen molar-refractivity contribution in [1.82, 2.24) is 10.2 Å². The maximum Gasteiger partial charge on any atom is 0.237 e. The van der Waals surface area contributed by atoms with E-state index in [1.54, 1.807) is 0 Å². The van der Waals surface area contributed by atoms with Crippen molar-refractivity contribution < 1.29 is 9.53 Å². The number of carbonyl (C=O) groups excluding carboxylic acids is 1. The van der Waals surface area contributed by atoms with E-state index >= 15 is 0 Å². The number of nitrogens with one attached hydrogen (secondary N) is 1. The molecule has 3 aliphatic heterocycles. The van der Waals surface area contributed by atoms with Gasteiger partial charge in [-0.05, 0) is 52.5 Å². The van der Waals surface area contributed by atoms with E-state index in [-0.39, 0.29) is 11.9 Å². The van der Waals surface area contributed by atoms with Gasteiger partial charge in [-0.3, -0.25) is 9.69 Å². The van der Waals surface area contributed by atoms with E-state index in [2.05, 4.69) is 24.1 Å². The summed E-state index contributed by atoms with van der Waals surface area (Å²) in [7, 11) is 0. The molecule has 0 radical (unpaired) electrons. The molecule has 0 saturated carbocycles. The molecule has 0 aromatic heterocycles. The summed E-state index contributed by atoms with van der Waals surface area (Å²) >= 11 is 0. The lowest BCUT2D eigenvalue weighted by Gasteiger charge is -2.37. The van der Waals surface area contributed by atoms with Gasteiger partial charge in [0.25, 0.3) is 0 Å². The van der Waals surface area contributed by atoms with E-state index < -0.39 is 0 Å². The zero-order chi connectivity index (χ0) is 14.1. The Kier molecular flexibility index (Phi) is 4.32. The number of piperidine rings is 1. The molecule has 114 valence electrons. The first-order valence-electron chi connectivity index (χ1n) is 8.34. The summed E-state index contributed by atoms with van der Waals surface area (Å²) in [5, 5.41) is 3.20. The van der Waals surface area contributed by atoms with Gasteiger partial charge in [-0.15, -0.1) is 0 Å². The van der Waals surface area contributed by atoms with Crippen molar-refractivity contribution in [3.63, 3.8) is 0 Å². The monoisotopic (exact) mass is 280 g/mol. The largest absolute Gasteiger partial charge is 0.375 e. The van der Waals surface area contributed by atoms with Crippen LogP contribution in [-0.4, -0.2) is 48.2 Å². The molecule has 3 saturated heterocycles. The van der Waals surface area contributed by atoms with Gasteiger partial charge in [0.1, 0.15) is 0 Å². The second-order valence-corrected chi connectivity index (χ2v) is 6.96. The highest BCUT2D eigenvalue weighted by Crippen LogP contribution is 2.38. The normalized spacial score (nSPS) is 37.5. The van der Waals surface area contributed by atoms with Crippen molar-refractivity contribution in [2.45, 2.75) is 76.7 Å². The summed E-state index contributed by atoms with van der Waals surface area (Å²) in [5.74, 6) is 0.787. The zero-order valence-corrected chi connectivity index (χ0v) is 12.8. The summed E-state index contributed by atoms with van der Waals surface area (Å²) in [5.41, 5.74) is 0. The molecule has 3 heterocycles. The van der Waals surface area contributed by atoms with Gasteiger partial charge in [0.05, 0.1) is 18.2 Å². The van der Waals surface area contributed by atoms with E-state index in [1.165, 1.54) is 25.7 Å². The molecule has 4 nitrogen and oxygen atoms in total. The molecule has 0 aromatic rings. The maximum absolute atomic E-state index is 12.5.